The van der Waals surface area contributed by atoms with Crippen LogP contribution in [-0.2, 0) is 0 Å². The second-order valence-electron chi connectivity index (χ2n) is 3.47. The number of hydrogen-bond donors (Lipinski definition) is 2. The van der Waals surface area contributed by atoms with Gasteiger partial charge in [-0.3, -0.25) is 0 Å². The third-order valence-electron chi connectivity index (χ3n) is 2.05. The molecule has 0 aliphatic heterocycles. The zero-order chi connectivity index (χ0) is 13.1. The summed E-state index contributed by atoms with van der Waals surface area (Å²) < 4.78 is 37.6. The van der Waals surface area contributed by atoms with Crippen molar-refractivity contribution in [3.8, 4) is 0 Å². The van der Waals surface area contributed by atoms with Crippen LogP contribution in [0.15, 0.2) is 22.7 Å². The number of nitrogens with two attached hydrogens (primary N) is 1. The van der Waals surface area contributed by atoms with Crippen molar-refractivity contribution in [2.24, 2.45) is 0 Å². The van der Waals surface area contributed by atoms with Gasteiger partial charge >= 0.3 is 6.18 Å². The van der Waals surface area contributed by atoms with E-state index in [0.29, 0.717) is 15.8 Å². The van der Waals surface area contributed by atoms with Crippen molar-refractivity contribution in [3.05, 3.63) is 22.7 Å². The summed E-state index contributed by atoms with van der Waals surface area (Å²) >= 11 is 3.15. The number of nitrogens with zero attached hydrogens (tertiary/aromatic N) is 1. The van der Waals surface area contributed by atoms with Crippen molar-refractivity contribution < 1.29 is 18.3 Å². The van der Waals surface area contributed by atoms with E-state index in [2.05, 4.69) is 15.9 Å². The van der Waals surface area contributed by atoms with Gasteiger partial charge in [0.15, 0.2) is 0 Å². The first kappa shape index (κ1) is 14.1. The molecule has 0 aromatic heterocycles. The molecule has 1 rings (SSSR count). The Bertz CT molecular complexity index is 384. The molecule has 0 aliphatic carbocycles. The summed E-state index contributed by atoms with van der Waals surface area (Å²) in [6.07, 6.45) is -4.32. The number of rotatable bonds is 4. The van der Waals surface area contributed by atoms with Crippen molar-refractivity contribution >= 4 is 27.3 Å². The molecule has 0 radical (unpaired) electrons. The Kier molecular flexibility index (Phi) is 4.64. The van der Waals surface area contributed by atoms with E-state index in [1.54, 1.807) is 0 Å². The number of benzene rings is 1. The van der Waals surface area contributed by atoms with Crippen LogP contribution in [0.4, 0.5) is 24.5 Å². The van der Waals surface area contributed by atoms with E-state index in [4.69, 9.17) is 10.8 Å². The Morgan fingerprint density at radius 3 is 2.47 bits per heavy atom. The van der Waals surface area contributed by atoms with Gasteiger partial charge in [0, 0.05) is 16.7 Å². The number of anilines is 2. The zero-order valence-electron chi connectivity index (χ0n) is 8.84. The van der Waals surface area contributed by atoms with E-state index >= 15 is 0 Å². The fourth-order valence-electron chi connectivity index (χ4n) is 1.40. The van der Waals surface area contributed by atoms with Crippen LogP contribution >= 0.6 is 15.9 Å². The van der Waals surface area contributed by atoms with Crippen LogP contribution in [0.1, 0.15) is 0 Å². The highest BCUT2D eigenvalue weighted by Crippen LogP contribution is 2.30. The van der Waals surface area contributed by atoms with Gasteiger partial charge in [-0.2, -0.15) is 13.2 Å². The maximum Gasteiger partial charge on any atom is 0.405 e. The van der Waals surface area contributed by atoms with Gasteiger partial charge in [-0.05, 0) is 34.1 Å². The molecule has 17 heavy (non-hydrogen) atoms. The average Bonchev–Trinajstić information content (AvgIpc) is 2.14. The second kappa shape index (κ2) is 5.59. The minimum Gasteiger partial charge on any atom is -0.399 e. The van der Waals surface area contributed by atoms with Crippen LogP contribution in [0, 0.1) is 0 Å². The summed E-state index contributed by atoms with van der Waals surface area (Å²) in [6.45, 7) is -1.56. The van der Waals surface area contributed by atoms with Gasteiger partial charge in [0.1, 0.15) is 6.54 Å². The molecule has 0 aliphatic rings. The highest BCUT2D eigenvalue weighted by atomic mass is 79.9. The van der Waals surface area contributed by atoms with Gasteiger partial charge in [0.2, 0.25) is 0 Å². The summed E-state index contributed by atoms with van der Waals surface area (Å²) in [4.78, 5) is 1.05. The monoisotopic (exact) mass is 312 g/mol. The summed E-state index contributed by atoms with van der Waals surface area (Å²) in [7, 11) is 0. The Hall–Kier alpha value is -0.950. The molecular weight excluding hydrogens is 301 g/mol. The van der Waals surface area contributed by atoms with Gasteiger partial charge in [-0.15, -0.1) is 0 Å². The van der Waals surface area contributed by atoms with Crippen LogP contribution in [0.3, 0.4) is 0 Å². The lowest BCUT2D eigenvalue weighted by Gasteiger charge is -2.26. The van der Waals surface area contributed by atoms with Crippen molar-refractivity contribution in [1.29, 1.82) is 0 Å². The third-order valence-corrected chi connectivity index (χ3v) is 2.69. The molecular formula is C10H12BrF3N2O. The number of nitrogen functional groups attached to an aromatic ring is 1. The fraction of sp³-hybridized carbons (Fsp3) is 0.400. The zero-order valence-corrected chi connectivity index (χ0v) is 10.4. The molecule has 0 heterocycles. The summed E-state index contributed by atoms with van der Waals surface area (Å²) in [5.41, 5.74) is 6.32. The van der Waals surface area contributed by atoms with Crippen molar-refractivity contribution in [1.82, 2.24) is 0 Å². The Balaban J connectivity index is 2.97. The first-order valence-corrected chi connectivity index (χ1v) is 5.60. The molecule has 0 saturated heterocycles. The lowest BCUT2D eigenvalue weighted by molar-refractivity contribution is -0.119. The molecule has 7 heteroatoms. The molecule has 1 aromatic rings. The average molecular weight is 313 g/mol. The highest BCUT2D eigenvalue weighted by Gasteiger charge is 2.31. The standard InChI is InChI=1S/C10H12BrF3N2O/c11-8-5-7(15)1-2-9(8)16(3-4-17)6-10(12,13)14/h1-2,5,17H,3-4,6,15H2. The Morgan fingerprint density at radius 1 is 1.35 bits per heavy atom. The molecule has 1 aromatic carbocycles. The predicted molar refractivity (Wildman–Crippen MR) is 63.9 cm³/mol. The van der Waals surface area contributed by atoms with Crippen LogP contribution in [0.2, 0.25) is 0 Å². The molecule has 0 fully saturated rings. The van der Waals surface area contributed by atoms with Crippen molar-refractivity contribution in [2.45, 2.75) is 6.18 Å². The first-order chi connectivity index (χ1) is 7.83. The van der Waals surface area contributed by atoms with E-state index in [1.807, 2.05) is 0 Å². The van der Waals surface area contributed by atoms with Gasteiger partial charge in [0.05, 0.1) is 12.3 Å². The number of alkyl halides is 3. The lowest BCUT2D eigenvalue weighted by Crippen LogP contribution is -2.36. The largest absolute Gasteiger partial charge is 0.405 e. The molecule has 0 atom stereocenters. The van der Waals surface area contributed by atoms with E-state index < -0.39 is 12.7 Å². The molecule has 0 saturated carbocycles. The second-order valence-corrected chi connectivity index (χ2v) is 4.33. The number of halogens is 4. The van der Waals surface area contributed by atoms with Gasteiger partial charge in [-0.1, -0.05) is 0 Å². The molecule has 0 spiro atoms. The normalized spacial score (nSPS) is 11.6. The Labute approximate surface area is 105 Å². The van der Waals surface area contributed by atoms with Gasteiger partial charge in [0.25, 0.3) is 0 Å². The SMILES string of the molecule is Nc1ccc(N(CCO)CC(F)(F)F)c(Br)c1. The van der Waals surface area contributed by atoms with Crippen LogP contribution in [-0.4, -0.2) is 31.0 Å². The molecule has 0 bridgehead atoms. The van der Waals surface area contributed by atoms with Crippen LogP contribution in [0.5, 0.6) is 0 Å². The molecule has 3 N–H and O–H groups in total. The maximum absolute atomic E-state index is 12.4. The van der Waals surface area contributed by atoms with Crippen LogP contribution < -0.4 is 10.6 Å². The highest BCUT2D eigenvalue weighted by molar-refractivity contribution is 9.10. The van der Waals surface area contributed by atoms with Gasteiger partial charge in [-0.25, -0.2) is 0 Å². The molecule has 0 unspecified atom stereocenters. The predicted octanol–water partition coefficient (Wildman–Crippen LogP) is 2.39. The van der Waals surface area contributed by atoms with E-state index in [0.717, 1.165) is 4.90 Å². The minimum atomic E-state index is -4.32. The van der Waals surface area contributed by atoms with Crippen molar-refractivity contribution in [2.75, 3.05) is 30.3 Å². The van der Waals surface area contributed by atoms with E-state index in [1.165, 1.54) is 18.2 Å². The summed E-state index contributed by atoms with van der Waals surface area (Å²) in [5.74, 6) is 0. The topological polar surface area (TPSA) is 49.5 Å². The fourth-order valence-corrected chi connectivity index (χ4v) is 2.05. The first-order valence-electron chi connectivity index (χ1n) is 4.81. The minimum absolute atomic E-state index is 0.0952. The van der Waals surface area contributed by atoms with Gasteiger partial charge < -0.3 is 15.7 Å². The smallest absolute Gasteiger partial charge is 0.399 e. The van der Waals surface area contributed by atoms with E-state index in [-0.39, 0.29) is 13.2 Å². The Morgan fingerprint density at radius 2 is 2.00 bits per heavy atom. The molecule has 3 nitrogen and oxygen atoms in total. The van der Waals surface area contributed by atoms with Crippen molar-refractivity contribution in [3.63, 3.8) is 0 Å². The molecule has 0 amide bonds. The lowest BCUT2D eigenvalue weighted by atomic mass is 10.2. The summed E-state index contributed by atoms with van der Waals surface area (Å²) in [5, 5.41) is 8.79. The number of hydrogen-bond acceptors (Lipinski definition) is 3. The number of aliphatic hydroxyl groups is 1. The quantitative estimate of drug-likeness (QED) is 0.839. The van der Waals surface area contributed by atoms with E-state index in [9.17, 15) is 13.2 Å². The van der Waals surface area contributed by atoms with Crippen LogP contribution in [0.25, 0.3) is 0 Å². The summed E-state index contributed by atoms with van der Waals surface area (Å²) in [6, 6.07) is 4.53. The number of aliphatic hydroxyl groups excluding tert-OH is 1. The third kappa shape index (κ3) is 4.43. The molecule has 96 valence electrons. The maximum atomic E-state index is 12.4.